The summed E-state index contributed by atoms with van der Waals surface area (Å²) < 4.78 is 14.3. The summed E-state index contributed by atoms with van der Waals surface area (Å²) in [5.74, 6) is -0.184. The number of imidazole rings is 1. The van der Waals surface area contributed by atoms with Crippen LogP contribution < -0.4 is 0 Å². The van der Waals surface area contributed by atoms with Crippen LogP contribution in [-0.2, 0) is 12.1 Å². The van der Waals surface area contributed by atoms with Crippen LogP contribution in [0, 0.1) is 0 Å². The van der Waals surface area contributed by atoms with Crippen molar-refractivity contribution in [1.29, 1.82) is 0 Å². The minimum atomic E-state index is -1.58. The first kappa shape index (κ1) is 18.9. The lowest BCUT2D eigenvalue weighted by molar-refractivity contribution is 0.0692. The SMILES string of the molecule is CC(C)(F)c1ncc(C(=O)N2CCc3[nH]cnc3[C@@H]2c2ccc3ccccc3n2)s1. The van der Waals surface area contributed by atoms with E-state index in [2.05, 4.69) is 15.0 Å². The maximum atomic E-state index is 14.3. The van der Waals surface area contributed by atoms with Gasteiger partial charge in [-0.2, -0.15) is 0 Å². The summed E-state index contributed by atoms with van der Waals surface area (Å²) in [6, 6.07) is 11.4. The molecule has 0 saturated carbocycles. The normalized spacial score (nSPS) is 16.6. The Morgan fingerprint density at radius 3 is 2.87 bits per heavy atom. The Hall–Kier alpha value is -3.13. The van der Waals surface area contributed by atoms with Crippen LogP contribution in [0.25, 0.3) is 10.9 Å². The highest BCUT2D eigenvalue weighted by Gasteiger charge is 2.36. The number of nitrogens with zero attached hydrogens (tertiary/aromatic N) is 4. The number of hydrogen-bond acceptors (Lipinski definition) is 5. The highest BCUT2D eigenvalue weighted by atomic mass is 32.1. The van der Waals surface area contributed by atoms with E-state index >= 15 is 0 Å². The number of amides is 1. The Morgan fingerprint density at radius 1 is 1.23 bits per heavy atom. The topological polar surface area (TPSA) is 74.8 Å². The molecule has 0 aliphatic carbocycles. The lowest BCUT2D eigenvalue weighted by Gasteiger charge is -2.34. The Kier molecular flexibility index (Phi) is 4.39. The Balaban J connectivity index is 1.58. The molecule has 4 aromatic rings. The first-order chi connectivity index (χ1) is 14.4. The van der Waals surface area contributed by atoms with Crippen LogP contribution in [0.3, 0.4) is 0 Å². The molecule has 1 N–H and O–H groups in total. The maximum Gasteiger partial charge on any atom is 0.266 e. The summed E-state index contributed by atoms with van der Waals surface area (Å²) in [5.41, 5.74) is 1.84. The van der Waals surface area contributed by atoms with Crippen molar-refractivity contribution < 1.29 is 9.18 Å². The number of thiazole rings is 1. The van der Waals surface area contributed by atoms with E-state index in [1.54, 1.807) is 11.2 Å². The van der Waals surface area contributed by atoms with Gasteiger partial charge in [0.2, 0.25) is 0 Å². The molecular formula is C22H20FN5OS. The van der Waals surface area contributed by atoms with Gasteiger partial charge in [-0.1, -0.05) is 24.3 Å². The number of fused-ring (bicyclic) bond motifs is 2. The van der Waals surface area contributed by atoms with Crippen molar-refractivity contribution in [3.63, 3.8) is 0 Å². The van der Waals surface area contributed by atoms with Gasteiger partial charge in [-0.15, -0.1) is 11.3 Å². The second kappa shape index (κ2) is 6.98. The summed E-state index contributed by atoms with van der Waals surface area (Å²) >= 11 is 1.10. The quantitative estimate of drug-likeness (QED) is 0.532. The van der Waals surface area contributed by atoms with Crippen LogP contribution in [-0.4, -0.2) is 37.3 Å². The van der Waals surface area contributed by atoms with Gasteiger partial charge in [0.25, 0.3) is 5.91 Å². The molecule has 1 atom stereocenters. The number of halogens is 1. The zero-order chi connectivity index (χ0) is 20.9. The largest absolute Gasteiger partial charge is 0.348 e. The number of carbonyl (C=O) groups is 1. The fourth-order valence-corrected chi connectivity index (χ4v) is 4.68. The second-order valence-corrected chi connectivity index (χ2v) is 8.88. The van der Waals surface area contributed by atoms with E-state index in [-0.39, 0.29) is 5.91 Å². The van der Waals surface area contributed by atoms with Crippen molar-refractivity contribution in [3.05, 3.63) is 75.9 Å². The first-order valence-corrected chi connectivity index (χ1v) is 10.6. The zero-order valence-corrected chi connectivity index (χ0v) is 17.4. The number of alkyl halides is 1. The molecule has 1 aliphatic rings. The summed E-state index contributed by atoms with van der Waals surface area (Å²) in [7, 11) is 0. The zero-order valence-electron chi connectivity index (χ0n) is 16.6. The molecule has 152 valence electrons. The van der Waals surface area contributed by atoms with Gasteiger partial charge in [-0.25, -0.2) is 14.4 Å². The van der Waals surface area contributed by atoms with Crippen LogP contribution in [0.4, 0.5) is 4.39 Å². The van der Waals surface area contributed by atoms with E-state index in [9.17, 15) is 9.18 Å². The van der Waals surface area contributed by atoms with Crippen LogP contribution >= 0.6 is 11.3 Å². The fraction of sp³-hybridized carbons (Fsp3) is 0.273. The van der Waals surface area contributed by atoms with Gasteiger partial charge >= 0.3 is 0 Å². The number of carbonyl (C=O) groups excluding carboxylic acids is 1. The third-order valence-electron chi connectivity index (χ3n) is 5.31. The molecule has 4 heterocycles. The molecule has 0 bridgehead atoms. The van der Waals surface area contributed by atoms with Gasteiger partial charge < -0.3 is 9.88 Å². The van der Waals surface area contributed by atoms with E-state index in [1.807, 2.05) is 36.4 Å². The molecule has 8 heteroatoms. The van der Waals surface area contributed by atoms with Crippen molar-refractivity contribution in [2.75, 3.05) is 6.54 Å². The number of hydrogen-bond donors (Lipinski definition) is 1. The Labute approximate surface area is 176 Å². The van der Waals surface area contributed by atoms with Gasteiger partial charge in [0.05, 0.1) is 29.4 Å². The Morgan fingerprint density at radius 2 is 2.07 bits per heavy atom. The monoisotopic (exact) mass is 421 g/mol. The van der Waals surface area contributed by atoms with Crippen LogP contribution in [0.15, 0.2) is 48.9 Å². The molecule has 5 rings (SSSR count). The van der Waals surface area contributed by atoms with E-state index in [4.69, 9.17) is 4.98 Å². The summed E-state index contributed by atoms with van der Waals surface area (Å²) in [6.45, 7) is 3.40. The number of nitrogens with one attached hydrogen (secondary N) is 1. The summed E-state index contributed by atoms with van der Waals surface area (Å²) in [5, 5.41) is 1.33. The van der Waals surface area contributed by atoms with Crippen LogP contribution in [0.2, 0.25) is 0 Å². The van der Waals surface area contributed by atoms with E-state index < -0.39 is 11.7 Å². The number of aromatic nitrogens is 4. The standard InChI is InChI=1S/C22H20FN5OS/c1-22(2,23)21-24-11-17(30-21)20(29)28-10-9-15-18(26-12-25-15)19(28)16-8-7-13-5-3-4-6-14(13)27-16/h3-8,11-12,19H,9-10H2,1-2H3,(H,25,26)/t19-/m0/s1. The van der Waals surface area contributed by atoms with Gasteiger partial charge in [-0.05, 0) is 26.0 Å². The predicted octanol–water partition coefficient (Wildman–Crippen LogP) is 4.41. The summed E-state index contributed by atoms with van der Waals surface area (Å²) in [4.78, 5) is 32.3. The molecular weight excluding hydrogens is 401 g/mol. The van der Waals surface area contributed by atoms with E-state index in [0.29, 0.717) is 22.9 Å². The highest BCUT2D eigenvalue weighted by Crippen LogP contribution is 2.36. The number of pyridine rings is 1. The number of H-pyrrole nitrogens is 1. The highest BCUT2D eigenvalue weighted by molar-refractivity contribution is 7.13. The summed E-state index contributed by atoms with van der Waals surface area (Å²) in [6.07, 6.45) is 3.79. The van der Waals surface area contributed by atoms with Gasteiger partial charge in [0.1, 0.15) is 15.9 Å². The van der Waals surface area contributed by atoms with E-state index in [0.717, 1.165) is 39.3 Å². The second-order valence-electron chi connectivity index (χ2n) is 7.85. The lowest BCUT2D eigenvalue weighted by Crippen LogP contribution is -2.40. The van der Waals surface area contributed by atoms with Crippen LogP contribution in [0.1, 0.15) is 51.7 Å². The molecule has 0 spiro atoms. The van der Waals surface area contributed by atoms with Crippen LogP contribution in [0.5, 0.6) is 0 Å². The van der Waals surface area contributed by atoms with Gasteiger partial charge in [0, 0.05) is 24.0 Å². The average molecular weight is 422 g/mol. The van der Waals surface area contributed by atoms with Gasteiger partial charge in [-0.3, -0.25) is 9.78 Å². The number of aromatic amines is 1. The molecule has 0 radical (unpaired) electrons. The molecule has 3 aromatic heterocycles. The fourth-order valence-electron chi connectivity index (χ4n) is 3.82. The van der Waals surface area contributed by atoms with Crippen molar-refractivity contribution >= 4 is 28.1 Å². The predicted molar refractivity (Wildman–Crippen MR) is 113 cm³/mol. The maximum absolute atomic E-state index is 14.3. The minimum Gasteiger partial charge on any atom is -0.348 e. The number of benzene rings is 1. The van der Waals surface area contributed by atoms with Crippen molar-refractivity contribution in [3.8, 4) is 0 Å². The van der Waals surface area contributed by atoms with Gasteiger partial charge in [0.15, 0.2) is 5.67 Å². The molecule has 0 unspecified atom stereocenters. The molecule has 1 amide bonds. The third kappa shape index (κ3) is 3.17. The van der Waals surface area contributed by atoms with E-state index in [1.165, 1.54) is 20.0 Å². The lowest BCUT2D eigenvalue weighted by atomic mass is 9.98. The molecule has 30 heavy (non-hydrogen) atoms. The molecule has 1 aromatic carbocycles. The minimum absolute atomic E-state index is 0.184. The molecule has 6 nitrogen and oxygen atoms in total. The van der Waals surface area contributed by atoms with Crippen molar-refractivity contribution in [1.82, 2.24) is 24.8 Å². The Bertz CT molecular complexity index is 1240. The molecule has 1 aliphatic heterocycles. The number of rotatable bonds is 3. The first-order valence-electron chi connectivity index (χ1n) is 9.76. The smallest absolute Gasteiger partial charge is 0.266 e. The molecule has 0 saturated heterocycles. The third-order valence-corrected chi connectivity index (χ3v) is 6.60. The van der Waals surface area contributed by atoms with Crippen molar-refractivity contribution in [2.45, 2.75) is 32.0 Å². The van der Waals surface area contributed by atoms with Crippen molar-refractivity contribution in [2.24, 2.45) is 0 Å². The number of para-hydroxylation sites is 1. The molecule has 0 fully saturated rings. The average Bonchev–Trinajstić information content (AvgIpc) is 3.41.